The Hall–Kier alpha value is -1.91. The lowest BCUT2D eigenvalue weighted by Gasteiger charge is -2.40. The molecule has 1 aromatic rings. The van der Waals surface area contributed by atoms with Crippen LogP contribution in [0.15, 0.2) is 24.3 Å². The van der Waals surface area contributed by atoms with Crippen molar-refractivity contribution in [3.05, 3.63) is 24.3 Å². The van der Waals surface area contributed by atoms with Crippen molar-refractivity contribution in [3.8, 4) is 17.7 Å². The predicted octanol–water partition coefficient (Wildman–Crippen LogP) is 3.01. The van der Waals surface area contributed by atoms with Crippen LogP contribution in [0.1, 0.15) is 19.8 Å². The number of fused-ring (bicyclic) bond motifs is 1. The average molecular weight is 375 g/mol. The van der Waals surface area contributed by atoms with Crippen molar-refractivity contribution in [2.75, 3.05) is 32.5 Å². The molecule has 2 heterocycles. The molecule has 2 aliphatic rings. The number of hydrogen-bond acceptors (Lipinski definition) is 6. The molecule has 2 unspecified atom stereocenters. The summed E-state index contributed by atoms with van der Waals surface area (Å²) in [4.78, 5) is 3.96. The van der Waals surface area contributed by atoms with E-state index in [9.17, 15) is 5.26 Å². The van der Waals surface area contributed by atoms with E-state index in [0.717, 1.165) is 37.4 Å². The van der Waals surface area contributed by atoms with Crippen molar-refractivity contribution >= 4 is 16.9 Å². The second-order valence-corrected chi connectivity index (χ2v) is 7.65. The lowest BCUT2D eigenvalue weighted by molar-refractivity contribution is 0.00772. The monoisotopic (exact) mass is 374 g/mol. The number of rotatable bonds is 4. The van der Waals surface area contributed by atoms with E-state index in [-0.39, 0.29) is 12.1 Å². The van der Waals surface area contributed by atoms with Gasteiger partial charge >= 0.3 is 0 Å². The van der Waals surface area contributed by atoms with Crippen LogP contribution >= 0.6 is 11.8 Å². The zero-order valence-electron chi connectivity index (χ0n) is 15.4. The first-order valence-corrected chi connectivity index (χ1v) is 10.3. The molecule has 0 amide bonds. The molecular formula is C19H26N4O2S. The molecule has 2 atom stereocenters. The van der Waals surface area contributed by atoms with E-state index in [2.05, 4.69) is 18.0 Å². The summed E-state index contributed by atoms with van der Waals surface area (Å²) < 4.78 is 12.0. The number of amidine groups is 1. The molecule has 2 aliphatic heterocycles. The number of ether oxygens (including phenoxy) is 2. The van der Waals surface area contributed by atoms with E-state index < -0.39 is 0 Å². The summed E-state index contributed by atoms with van der Waals surface area (Å²) in [6.45, 7) is 5.39. The van der Waals surface area contributed by atoms with Gasteiger partial charge in [0, 0.05) is 12.6 Å². The van der Waals surface area contributed by atoms with Gasteiger partial charge < -0.3 is 9.47 Å². The number of nitrogens with one attached hydrogen (secondary N) is 1. The van der Waals surface area contributed by atoms with E-state index in [0.29, 0.717) is 24.2 Å². The third-order valence-corrected chi connectivity index (χ3v) is 5.90. The number of para-hydroxylation sites is 2. The Morgan fingerprint density at radius 3 is 2.73 bits per heavy atom. The molecule has 7 heteroatoms. The molecule has 0 spiro atoms. The van der Waals surface area contributed by atoms with E-state index in [4.69, 9.17) is 14.9 Å². The van der Waals surface area contributed by atoms with Crippen LogP contribution in [0.3, 0.4) is 0 Å². The molecule has 0 radical (unpaired) electrons. The molecule has 1 saturated heterocycles. The highest BCUT2D eigenvalue weighted by Crippen LogP contribution is 2.33. The van der Waals surface area contributed by atoms with Crippen LogP contribution in [0.5, 0.6) is 11.5 Å². The molecule has 140 valence electrons. The van der Waals surface area contributed by atoms with Gasteiger partial charge in [0.2, 0.25) is 0 Å². The number of piperidine rings is 1. The minimum absolute atomic E-state index is 0.0294. The molecule has 1 N–H and O–H groups in total. The molecule has 26 heavy (non-hydrogen) atoms. The summed E-state index contributed by atoms with van der Waals surface area (Å²) in [6, 6.07) is 8.10. The molecular weight excluding hydrogens is 348 g/mol. The number of nitriles is 1. The number of hydrogen-bond donors (Lipinski definition) is 1. The third-order valence-electron chi connectivity index (χ3n) is 5.29. The smallest absolute Gasteiger partial charge is 0.185 e. The first-order chi connectivity index (χ1) is 12.6. The minimum atomic E-state index is 0.0294. The van der Waals surface area contributed by atoms with Gasteiger partial charge in [0.15, 0.2) is 22.9 Å². The summed E-state index contributed by atoms with van der Waals surface area (Å²) in [7, 11) is 0. The quantitative estimate of drug-likeness (QED) is 0.378. The van der Waals surface area contributed by atoms with Crippen LogP contribution in [0.2, 0.25) is 0 Å². The van der Waals surface area contributed by atoms with Gasteiger partial charge in [-0.1, -0.05) is 23.9 Å². The van der Waals surface area contributed by atoms with Crippen LogP contribution in [0.4, 0.5) is 0 Å². The molecule has 0 aromatic heterocycles. The average Bonchev–Trinajstić information content (AvgIpc) is 2.71. The zero-order chi connectivity index (χ0) is 18.5. The summed E-state index contributed by atoms with van der Waals surface area (Å²) in [5.74, 6) is 2.10. The van der Waals surface area contributed by atoms with E-state index in [1.54, 1.807) is 0 Å². The van der Waals surface area contributed by atoms with Gasteiger partial charge in [0.05, 0.1) is 0 Å². The Bertz CT molecular complexity index is 670. The summed E-state index contributed by atoms with van der Waals surface area (Å²) >= 11 is 1.31. The molecule has 3 rings (SSSR count). The lowest BCUT2D eigenvalue weighted by Crippen LogP contribution is -2.51. The summed E-state index contributed by atoms with van der Waals surface area (Å²) in [6.07, 6.45) is 6.07. The van der Waals surface area contributed by atoms with E-state index >= 15 is 0 Å². The fourth-order valence-corrected chi connectivity index (χ4v) is 3.92. The Morgan fingerprint density at radius 2 is 2.08 bits per heavy atom. The zero-order valence-corrected chi connectivity index (χ0v) is 16.2. The van der Waals surface area contributed by atoms with Gasteiger partial charge in [-0.2, -0.15) is 5.26 Å². The van der Waals surface area contributed by atoms with Gasteiger partial charge in [0.25, 0.3) is 0 Å². The Kier molecular flexibility index (Phi) is 6.28. The second-order valence-electron chi connectivity index (χ2n) is 6.85. The first-order valence-electron chi connectivity index (χ1n) is 9.04. The van der Waals surface area contributed by atoms with Crippen LogP contribution in [0, 0.1) is 22.8 Å². The normalized spacial score (nSPS) is 21.7. The fraction of sp³-hybridized carbons (Fsp3) is 0.579. The first kappa shape index (κ1) is 18.9. The highest BCUT2D eigenvalue weighted by Gasteiger charge is 2.32. The molecule has 1 aromatic carbocycles. The topological polar surface area (TPSA) is 72.6 Å². The van der Waals surface area contributed by atoms with E-state index in [1.807, 2.05) is 30.5 Å². The van der Waals surface area contributed by atoms with Crippen molar-refractivity contribution in [3.63, 3.8) is 0 Å². The van der Waals surface area contributed by atoms with Crippen molar-refractivity contribution < 1.29 is 9.47 Å². The highest BCUT2D eigenvalue weighted by atomic mass is 32.2. The number of thioether (sulfide) groups is 1. The molecule has 6 nitrogen and oxygen atoms in total. The van der Waals surface area contributed by atoms with Gasteiger partial charge in [-0.3, -0.25) is 15.2 Å². The highest BCUT2D eigenvalue weighted by molar-refractivity contribution is 8.13. The van der Waals surface area contributed by atoms with E-state index in [1.165, 1.54) is 16.7 Å². The lowest BCUT2D eigenvalue weighted by atomic mass is 9.94. The van der Waals surface area contributed by atoms with Gasteiger partial charge in [-0.25, -0.2) is 0 Å². The maximum Gasteiger partial charge on any atom is 0.185 e. The predicted molar refractivity (Wildman–Crippen MR) is 104 cm³/mol. The number of likely N-dealkylation sites (tertiary alicyclic amines) is 1. The SMILES string of the molecule is CSC(=N)N(C#N)CC1CCN(C(C)C2COc3ccccc3O2)CC1. The summed E-state index contributed by atoms with van der Waals surface area (Å²) in [5.41, 5.74) is 0. The molecule has 0 saturated carbocycles. The third kappa shape index (κ3) is 4.25. The Morgan fingerprint density at radius 1 is 1.38 bits per heavy atom. The maximum absolute atomic E-state index is 9.23. The van der Waals surface area contributed by atoms with Crippen LogP contribution in [0.25, 0.3) is 0 Å². The maximum atomic E-state index is 9.23. The number of benzene rings is 1. The van der Waals surface area contributed by atoms with Crippen molar-refractivity contribution in [2.45, 2.75) is 31.9 Å². The van der Waals surface area contributed by atoms with Crippen molar-refractivity contribution in [2.24, 2.45) is 5.92 Å². The second kappa shape index (κ2) is 8.65. The fourth-order valence-electron chi connectivity index (χ4n) is 3.59. The molecule has 0 bridgehead atoms. The van der Waals surface area contributed by atoms with Gasteiger partial charge in [-0.05, 0) is 57.2 Å². The minimum Gasteiger partial charge on any atom is -0.486 e. The van der Waals surface area contributed by atoms with Crippen molar-refractivity contribution in [1.82, 2.24) is 9.80 Å². The molecule has 0 aliphatic carbocycles. The molecule has 1 fully saturated rings. The largest absolute Gasteiger partial charge is 0.486 e. The standard InChI is InChI=1S/C19H26N4O2S/c1-14(18-12-24-16-5-3-4-6-17(16)25-18)22-9-7-15(8-10-22)11-23(13-20)19(21)26-2/h3-6,14-15,18,21H,7-12H2,1-2H3. The van der Waals surface area contributed by atoms with Crippen LogP contribution < -0.4 is 9.47 Å². The van der Waals surface area contributed by atoms with Gasteiger partial charge in [0.1, 0.15) is 12.7 Å². The summed E-state index contributed by atoms with van der Waals surface area (Å²) in [5, 5.41) is 17.4. The Labute approximate surface area is 159 Å². The number of nitrogens with zero attached hydrogens (tertiary/aromatic N) is 3. The van der Waals surface area contributed by atoms with Gasteiger partial charge in [-0.15, -0.1) is 0 Å². The van der Waals surface area contributed by atoms with Crippen molar-refractivity contribution in [1.29, 1.82) is 10.7 Å². The Balaban J connectivity index is 1.50. The van der Waals surface area contributed by atoms with Crippen LogP contribution in [-0.4, -0.2) is 59.6 Å². The van der Waals surface area contributed by atoms with Crippen LogP contribution in [-0.2, 0) is 0 Å².